The number of nitrogens with two attached hydrogens (primary N) is 1. The molecule has 0 aliphatic carbocycles. The molecular weight excluding hydrogens is 384 g/mol. The summed E-state index contributed by atoms with van der Waals surface area (Å²) in [6.07, 6.45) is 1.79. The van der Waals surface area contributed by atoms with E-state index in [0.717, 1.165) is 9.75 Å². The van der Waals surface area contributed by atoms with E-state index in [-0.39, 0.29) is 17.0 Å². The van der Waals surface area contributed by atoms with Gasteiger partial charge < -0.3 is 5.73 Å². The lowest BCUT2D eigenvalue weighted by atomic mass is 9.89. The summed E-state index contributed by atoms with van der Waals surface area (Å²) in [5.74, 6) is -0.426. The van der Waals surface area contributed by atoms with Crippen molar-refractivity contribution in [2.45, 2.75) is 5.92 Å². The first-order chi connectivity index (χ1) is 12.7. The number of hydrogen-bond donors (Lipinski definition) is 1. The highest BCUT2D eigenvalue weighted by atomic mass is 32.1. The predicted octanol–water partition coefficient (Wildman–Crippen LogP) is 1.98. The first-order valence-corrected chi connectivity index (χ1v) is 10.1. The lowest BCUT2D eigenvalue weighted by molar-refractivity contribution is 0.914. The van der Waals surface area contributed by atoms with Crippen molar-refractivity contribution in [3.63, 3.8) is 0 Å². The molecule has 0 aromatic carbocycles. The Morgan fingerprint density at radius 1 is 1.12 bits per heavy atom. The van der Waals surface area contributed by atoms with Crippen LogP contribution in [0.1, 0.15) is 15.7 Å². The maximum Gasteiger partial charge on any atom is 0.274 e. The highest BCUT2D eigenvalue weighted by Gasteiger charge is 2.32. The van der Waals surface area contributed by atoms with Crippen LogP contribution in [0.25, 0.3) is 17.5 Å². The summed E-state index contributed by atoms with van der Waals surface area (Å²) in [6, 6.07) is 11.9. The summed E-state index contributed by atoms with van der Waals surface area (Å²) in [5.41, 5.74) is 6.51. The molecule has 1 aliphatic heterocycles. The monoisotopic (exact) mass is 394 g/mol. The zero-order chi connectivity index (χ0) is 18.3. The van der Waals surface area contributed by atoms with Gasteiger partial charge in [0.2, 0.25) is 0 Å². The summed E-state index contributed by atoms with van der Waals surface area (Å²) in [6.45, 7) is 0. The topological polar surface area (TPSA) is 95.6 Å². The molecular formula is C18H10N4OS3. The Hall–Kier alpha value is -2.91. The van der Waals surface area contributed by atoms with Gasteiger partial charge in [-0.25, -0.2) is 0 Å². The van der Waals surface area contributed by atoms with Crippen LogP contribution in [0.2, 0.25) is 0 Å². The number of hydrogen-bond acceptors (Lipinski definition) is 7. The normalized spacial score (nSPS) is 17.1. The minimum absolute atomic E-state index is 0.104. The highest BCUT2D eigenvalue weighted by Crippen LogP contribution is 2.37. The molecule has 26 heavy (non-hydrogen) atoms. The summed E-state index contributed by atoms with van der Waals surface area (Å²) < 4.78 is 2.28. The molecule has 2 N–H and O–H groups in total. The lowest BCUT2D eigenvalue weighted by Gasteiger charge is -2.20. The Morgan fingerprint density at radius 3 is 2.46 bits per heavy atom. The molecule has 3 aromatic rings. The Kier molecular flexibility index (Phi) is 4.09. The zero-order valence-corrected chi connectivity index (χ0v) is 15.6. The van der Waals surface area contributed by atoms with Crippen molar-refractivity contribution in [2.75, 3.05) is 0 Å². The Morgan fingerprint density at radius 2 is 1.85 bits per heavy atom. The third-order valence-electron chi connectivity index (χ3n) is 4.03. The molecule has 8 heteroatoms. The number of fused-ring (bicyclic) bond motifs is 1. The van der Waals surface area contributed by atoms with Crippen molar-refractivity contribution in [1.29, 1.82) is 10.5 Å². The molecule has 4 heterocycles. The molecule has 0 unspecified atom stereocenters. The number of thiophene rings is 2. The van der Waals surface area contributed by atoms with E-state index < -0.39 is 5.92 Å². The van der Waals surface area contributed by atoms with E-state index in [1.54, 1.807) is 6.08 Å². The van der Waals surface area contributed by atoms with Gasteiger partial charge in [0.25, 0.3) is 5.56 Å². The SMILES string of the molecule is N#CC1=C(N)n2c(s/c(=C\c3cccs3)c2=O)=C(C#N)[C@@H]1c1cccs1. The van der Waals surface area contributed by atoms with Crippen LogP contribution >= 0.6 is 34.0 Å². The first kappa shape index (κ1) is 16.6. The van der Waals surface area contributed by atoms with Gasteiger partial charge in [0.1, 0.15) is 10.5 Å². The Balaban J connectivity index is 2.11. The molecule has 0 saturated carbocycles. The quantitative estimate of drug-likeness (QED) is 0.719. The molecule has 0 amide bonds. The molecule has 0 spiro atoms. The average molecular weight is 395 g/mol. The second-order valence-electron chi connectivity index (χ2n) is 5.46. The lowest BCUT2D eigenvalue weighted by Crippen LogP contribution is -2.38. The van der Waals surface area contributed by atoms with Gasteiger partial charge in [-0.2, -0.15) is 10.5 Å². The van der Waals surface area contributed by atoms with Gasteiger partial charge in [-0.15, -0.1) is 34.0 Å². The maximum atomic E-state index is 12.9. The van der Waals surface area contributed by atoms with Crippen molar-refractivity contribution in [3.05, 3.63) is 69.9 Å². The number of nitriles is 2. The largest absolute Gasteiger partial charge is 0.384 e. The van der Waals surface area contributed by atoms with Crippen molar-refractivity contribution < 1.29 is 0 Å². The van der Waals surface area contributed by atoms with Crippen molar-refractivity contribution >= 4 is 51.5 Å². The highest BCUT2D eigenvalue weighted by molar-refractivity contribution is 7.11. The van der Waals surface area contributed by atoms with E-state index in [0.29, 0.717) is 14.8 Å². The fourth-order valence-corrected chi connectivity index (χ4v) is 5.59. The van der Waals surface area contributed by atoms with Crippen LogP contribution < -0.4 is 20.5 Å². The minimum atomic E-state index is -0.530. The van der Waals surface area contributed by atoms with E-state index in [2.05, 4.69) is 12.1 Å². The molecule has 126 valence electrons. The molecule has 4 rings (SSSR count). The summed E-state index contributed by atoms with van der Waals surface area (Å²) >= 11 is 4.21. The fourth-order valence-electron chi connectivity index (χ4n) is 2.89. The van der Waals surface area contributed by atoms with E-state index >= 15 is 0 Å². The number of rotatable bonds is 2. The molecule has 0 saturated heterocycles. The maximum absolute atomic E-state index is 12.9. The van der Waals surface area contributed by atoms with Gasteiger partial charge in [0.05, 0.1) is 33.7 Å². The smallest absolute Gasteiger partial charge is 0.274 e. The second-order valence-corrected chi connectivity index (χ2v) is 8.45. The summed E-state index contributed by atoms with van der Waals surface area (Å²) in [7, 11) is 0. The third kappa shape index (κ3) is 2.44. The Bertz CT molecular complexity index is 1280. The van der Waals surface area contributed by atoms with Crippen LogP contribution in [-0.4, -0.2) is 4.57 Å². The summed E-state index contributed by atoms with van der Waals surface area (Å²) in [4.78, 5) is 14.7. The van der Waals surface area contributed by atoms with Crippen molar-refractivity contribution in [2.24, 2.45) is 5.73 Å². The standard InChI is InChI=1S/C18H10N4OS3/c19-8-11-15(13-4-2-6-25-13)12(9-20)18-22(16(11)21)17(23)14(26-18)7-10-3-1-5-24-10/h1-7,15H,21H2/b14-7-/t15-/m1/s1. The summed E-state index contributed by atoms with van der Waals surface area (Å²) in [5, 5.41) is 23.3. The van der Waals surface area contributed by atoms with E-state index in [9.17, 15) is 15.3 Å². The van der Waals surface area contributed by atoms with E-state index in [4.69, 9.17) is 5.73 Å². The molecule has 0 radical (unpaired) electrons. The third-order valence-corrected chi connectivity index (χ3v) is 6.90. The number of allylic oxidation sites excluding steroid dienone is 1. The minimum Gasteiger partial charge on any atom is -0.384 e. The molecule has 1 atom stereocenters. The van der Waals surface area contributed by atoms with E-state index in [1.165, 1.54) is 38.6 Å². The van der Waals surface area contributed by atoms with Crippen molar-refractivity contribution in [1.82, 2.24) is 4.57 Å². The van der Waals surface area contributed by atoms with Gasteiger partial charge in [-0.1, -0.05) is 12.1 Å². The molecule has 5 nitrogen and oxygen atoms in total. The van der Waals surface area contributed by atoms with Crippen LogP contribution in [0, 0.1) is 22.7 Å². The first-order valence-electron chi connectivity index (χ1n) is 7.50. The predicted molar refractivity (Wildman–Crippen MR) is 105 cm³/mol. The fraction of sp³-hybridized carbons (Fsp3) is 0.0556. The van der Waals surface area contributed by atoms with Gasteiger partial charge in [0.15, 0.2) is 0 Å². The van der Waals surface area contributed by atoms with Gasteiger partial charge in [-0.05, 0) is 29.0 Å². The van der Waals surface area contributed by atoms with Crippen LogP contribution in [0.4, 0.5) is 0 Å². The molecule has 3 aromatic heterocycles. The van der Waals surface area contributed by atoms with Gasteiger partial charge in [0, 0.05) is 9.75 Å². The van der Waals surface area contributed by atoms with Gasteiger partial charge >= 0.3 is 0 Å². The second kappa shape index (κ2) is 6.43. The van der Waals surface area contributed by atoms with Crippen LogP contribution in [0.3, 0.4) is 0 Å². The molecule has 1 aliphatic rings. The van der Waals surface area contributed by atoms with Crippen LogP contribution in [0.15, 0.2) is 45.4 Å². The average Bonchev–Trinajstić information content (AvgIpc) is 3.38. The Labute approximate surface area is 160 Å². The van der Waals surface area contributed by atoms with E-state index in [1.807, 2.05) is 35.0 Å². The molecule has 0 bridgehead atoms. The number of nitrogens with zero attached hydrogens (tertiary/aromatic N) is 3. The molecule has 0 fully saturated rings. The van der Waals surface area contributed by atoms with Crippen LogP contribution in [0.5, 0.6) is 0 Å². The van der Waals surface area contributed by atoms with Crippen molar-refractivity contribution in [3.8, 4) is 12.1 Å². The number of thiazole rings is 1. The zero-order valence-electron chi connectivity index (χ0n) is 13.2. The van der Waals surface area contributed by atoms with Crippen LogP contribution in [-0.2, 0) is 0 Å². The van der Waals surface area contributed by atoms with Gasteiger partial charge in [-0.3, -0.25) is 9.36 Å². The number of aromatic nitrogens is 1.